The van der Waals surface area contributed by atoms with Crippen LogP contribution in [-0.2, 0) is 16.4 Å². The molecule has 114 valence electrons. The highest BCUT2D eigenvalue weighted by Gasteiger charge is 2.25. The summed E-state index contributed by atoms with van der Waals surface area (Å²) in [6.45, 7) is 7.47. The quantitative estimate of drug-likeness (QED) is 0.871. The summed E-state index contributed by atoms with van der Waals surface area (Å²) < 4.78 is 32.3. The summed E-state index contributed by atoms with van der Waals surface area (Å²) in [5.74, 6) is 0.874. The Hall–Kier alpha value is -1.82. The molecule has 0 fully saturated rings. The van der Waals surface area contributed by atoms with Gasteiger partial charge in [-0.05, 0) is 44.0 Å². The van der Waals surface area contributed by atoms with Crippen molar-refractivity contribution in [2.24, 2.45) is 0 Å². The third-order valence-electron chi connectivity index (χ3n) is 3.50. The number of aryl methyl sites for hydroxylation is 4. The predicted molar refractivity (Wildman–Crippen MR) is 81.4 cm³/mol. The van der Waals surface area contributed by atoms with E-state index in [4.69, 9.17) is 4.74 Å². The summed E-state index contributed by atoms with van der Waals surface area (Å²) in [6.07, 6.45) is 2.09. The molecule has 0 aliphatic carbocycles. The molecule has 0 amide bonds. The molecule has 2 aromatic rings. The first-order valence-electron chi connectivity index (χ1n) is 6.77. The Labute approximate surface area is 125 Å². The lowest BCUT2D eigenvalue weighted by molar-refractivity contribution is 0.402. The first-order chi connectivity index (χ1) is 9.81. The van der Waals surface area contributed by atoms with Crippen LogP contribution in [0.5, 0.6) is 5.75 Å². The van der Waals surface area contributed by atoms with Crippen LogP contribution in [-0.4, -0.2) is 24.5 Å². The fraction of sp³-hybridized carbons (Fsp3) is 0.400. The van der Waals surface area contributed by atoms with Crippen molar-refractivity contribution in [3.05, 3.63) is 41.0 Å². The highest BCUT2D eigenvalue weighted by molar-refractivity contribution is 7.90. The van der Waals surface area contributed by atoms with E-state index in [0.717, 1.165) is 11.1 Å². The molecule has 0 aliphatic rings. The molecular weight excluding hydrogens is 288 g/mol. The molecule has 0 saturated carbocycles. The molecule has 0 N–H and O–H groups in total. The minimum Gasteiger partial charge on any atom is -0.495 e. The molecule has 21 heavy (non-hydrogen) atoms. The molecule has 2 rings (SSSR count). The minimum atomic E-state index is -3.71. The van der Waals surface area contributed by atoms with Crippen molar-refractivity contribution >= 4 is 10.0 Å². The van der Waals surface area contributed by atoms with E-state index in [0.29, 0.717) is 23.7 Å². The molecule has 0 saturated heterocycles. The molecule has 0 atom stereocenters. The van der Waals surface area contributed by atoms with Gasteiger partial charge in [0.05, 0.1) is 12.8 Å². The standard InChI is InChI=1S/C15H20N2O3S/c1-6-15-16-12(4)9-17(15)21(18,19)14-8-11(3)10(2)7-13(14)20-5/h7-9H,6H2,1-5H3. The summed E-state index contributed by atoms with van der Waals surface area (Å²) in [6, 6.07) is 3.40. The predicted octanol–water partition coefficient (Wildman–Crippen LogP) is 2.62. The average Bonchev–Trinajstić information content (AvgIpc) is 2.83. The van der Waals surface area contributed by atoms with Crippen molar-refractivity contribution < 1.29 is 13.2 Å². The van der Waals surface area contributed by atoms with Crippen LogP contribution in [0, 0.1) is 20.8 Å². The molecule has 0 bridgehead atoms. The minimum absolute atomic E-state index is 0.167. The van der Waals surface area contributed by atoms with E-state index in [1.807, 2.05) is 20.8 Å². The SMILES string of the molecule is CCc1nc(C)cn1S(=O)(=O)c1cc(C)c(C)cc1OC. The number of benzene rings is 1. The first kappa shape index (κ1) is 15.6. The lowest BCUT2D eigenvalue weighted by atomic mass is 10.1. The largest absolute Gasteiger partial charge is 0.495 e. The molecule has 0 unspecified atom stereocenters. The number of nitrogens with zero attached hydrogens (tertiary/aromatic N) is 2. The average molecular weight is 308 g/mol. The zero-order chi connectivity index (χ0) is 15.8. The van der Waals surface area contributed by atoms with Gasteiger partial charge in [0.2, 0.25) is 0 Å². The van der Waals surface area contributed by atoms with Gasteiger partial charge in [0, 0.05) is 12.6 Å². The maximum absolute atomic E-state index is 12.9. The molecule has 1 aromatic carbocycles. The molecule has 0 spiro atoms. The van der Waals surface area contributed by atoms with Crippen LogP contribution in [0.4, 0.5) is 0 Å². The Bertz CT molecular complexity index is 776. The van der Waals surface area contributed by atoms with Crippen LogP contribution in [0.15, 0.2) is 23.2 Å². The van der Waals surface area contributed by atoms with Gasteiger partial charge in [-0.15, -0.1) is 0 Å². The number of aromatic nitrogens is 2. The number of methoxy groups -OCH3 is 1. The summed E-state index contributed by atoms with van der Waals surface area (Å²) in [7, 11) is -2.24. The Balaban J connectivity index is 2.72. The van der Waals surface area contributed by atoms with E-state index in [9.17, 15) is 8.42 Å². The number of rotatable bonds is 4. The van der Waals surface area contributed by atoms with Crippen LogP contribution >= 0.6 is 0 Å². The van der Waals surface area contributed by atoms with Gasteiger partial charge >= 0.3 is 0 Å². The smallest absolute Gasteiger partial charge is 0.272 e. The Morgan fingerprint density at radius 2 is 1.81 bits per heavy atom. The maximum Gasteiger partial charge on any atom is 0.272 e. The molecule has 0 aliphatic heterocycles. The van der Waals surface area contributed by atoms with Crippen LogP contribution in [0.3, 0.4) is 0 Å². The molecule has 1 aromatic heterocycles. The Morgan fingerprint density at radius 1 is 1.19 bits per heavy atom. The fourth-order valence-electron chi connectivity index (χ4n) is 2.20. The van der Waals surface area contributed by atoms with Gasteiger partial charge in [0.25, 0.3) is 10.0 Å². The second kappa shape index (κ2) is 5.52. The van der Waals surface area contributed by atoms with E-state index >= 15 is 0 Å². The van der Waals surface area contributed by atoms with Gasteiger partial charge in [-0.3, -0.25) is 0 Å². The topological polar surface area (TPSA) is 61.2 Å². The molecule has 5 nitrogen and oxygen atoms in total. The second-order valence-corrected chi connectivity index (χ2v) is 6.82. The van der Waals surface area contributed by atoms with Gasteiger partial charge in [-0.25, -0.2) is 17.4 Å². The highest BCUT2D eigenvalue weighted by Crippen LogP contribution is 2.29. The number of imidazole rings is 1. The Kier molecular flexibility index (Phi) is 4.09. The zero-order valence-corrected chi connectivity index (χ0v) is 13.8. The van der Waals surface area contributed by atoms with Crippen LogP contribution in [0.2, 0.25) is 0 Å². The van der Waals surface area contributed by atoms with E-state index in [1.165, 1.54) is 11.1 Å². The first-order valence-corrected chi connectivity index (χ1v) is 8.21. The zero-order valence-electron chi connectivity index (χ0n) is 13.0. The number of hydrogen-bond donors (Lipinski definition) is 0. The maximum atomic E-state index is 12.9. The van der Waals surface area contributed by atoms with Gasteiger partial charge in [0.15, 0.2) is 0 Å². The monoisotopic (exact) mass is 308 g/mol. The van der Waals surface area contributed by atoms with E-state index in [2.05, 4.69) is 4.98 Å². The van der Waals surface area contributed by atoms with Crippen molar-refractivity contribution in [1.29, 1.82) is 0 Å². The van der Waals surface area contributed by atoms with Crippen molar-refractivity contribution in [2.75, 3.05) is 7.11 Å². The molecule has 0 radical (unpaired) electrons. The van der Waals surface area contributed by atoms with E-state index < -0.39 is 10.0 Å². The fourth-order valence-corrected chi connectivity index (χ4v) is 3.87. The molecule has 1 heterocycles. The summed E-state index contributed by atoms with van der Waals surface area (Å²) in [5, 5.41) is 0. The normalized spacial score (nSPS) is 11.7. The molecular formula is C15H20N2O3S. The van der Waals surface area contributed by atoms with Crippen LogP contribution < -0.4 is 4.74 Å². The third-order valence-corrected chi connectivity index (χ3v) is 5.21. The summed E-state index contributed by atoms with van der Waals surface area (Å²) >= 11 is 0. The van der Waals surface area contributed by atoms with Gasteiger partial charge < -0.3 is 4.74 Å². The van der Waals surface area contributed by atoms with Crippen LogP contribution in [0.1, 0.15) is 29.6 Å². The van der Waals surface area contributed by atoms with Gasteiger partial charge in [-0.1, -0.05) is 6.92 Å². The van der Waals surface area contributed by atoms with Crippen molar-refractivity contribution in [1.82, 2.24) is 8.96 Å². The van der Waals surface area contributed by atoms with E-state index in [-0.39, 0.29) is 4.90 Å². The number of hydrogen-bond acceptors (Lipinski definition) is 4. The summed E-state index contributed by atoms with van der Waals surface area (Å²) in [4.78, 5) is 4.43. The van der Waals surface area contributed by atoms with Crippen LogP contribution in [0.25, 0.3) is 0 Å². The Morgan fingerprint density at radius 3 is 2.38 bits per heavy atom. The van der Waals surface area contributed by atoms with Gasteiger partial charge in [-0.2, -0.15) is 0 Å². The van der Waals surface area contributed by atoms with Crippen molar-refractivity contribution in [2.45, 2.75) is 39.0 Å². The highest BCUT2D eigenvalue weighted by atomic mass is 32.2. The van der Waals surface area contributed by atoms with Crippen molar-refractivity contribution in [3.8, 4) is 5.75 Å². The van der Waals surface area contributed by atoms with Crippen molar-refractivity contribution in [3.63, 3.8) is 0 Å². The molecule has 6 heteroatoms. The second-order valence-electron chi connectivity index (χ2n) is 5.04. The summed E-state index contributed by atoms with van der Waals surface area (Å²) in [5.41, 5.74) is 2.57. The van der Waals surface area contributed by atoms with Gasteiger partial charge in [0.1, 0.15) is 16.5 Å². The lowest BCUT2D eigenvalue weighted by Crippen LogP contribution is -2.16. The lowest BCUT2D eigenvalue weighted by Gasteiger charge is -2.14. The number of ether oxygens (including phenoxy) is 1. The third kappa shape index (κ3) is 2.68. The van der Waals surface area contributed by atoms with E-state index in [1.54, 1.807) is 25.3 Å².